The zero-order chi connectivity index (χ0) is 13.2. The highest BCUT2D eigenvalue weighted by atomic mass is 32.1. The Morgan fingerprint density at radius 1 is 1.53 bits per heavy atom. The van der Waals surface area contributed by atoms with E-state index in [1.807, 2.05) is 11.4 Å². The predicted molar refractivity (Wildman–Crippen MR) is 79.4 cm³/mol. The first-order valence-corrected chi connectivity index (χ1v) is 7.82. The number of fused-ring (bicyclic) bond motifs is 1. The Bertz CT molecular complexity index is 682. The van der Waals surface area contributed by atoms with E-state index in [0.717, 1.165) is 29.2 Å². The summed E-state index contributed by atoms with van der Waals surface area (Å²) in [6.07, 6.45) is 3.43. The third kappa shape index (κ3) is 2.96. The number of nitrogens with zero attached hydrogens (tertiary/aromatic N) is 1. The zero-order valence-electron chi connectivity index (χ0n) is 10.6. The van der Waals surface area contributed by atoms with Gasteiger partial charge in [0.2, 0.25) is 0 Å². The molecule has 1 saturated carbocycles. The van der Waals surface area contributed by atoms with Crippen molar-refractivity contribution in [1.82, 2.24) is 9.55 Å². The average Bonchev–Trinajstić information content (AvgIpc) is 3.09. The van der Waals surface area contributed by atoms with Gasteiger partial charge in [-0.2, -0.15) is 0 Å². The highest BCUT2D eigenvalue weighted by Gasteiger charge is 2.20. The van der Waals surface area contributed by atoms with E-state index in [0.29, 0.717) is 17.9 Å². The second-order valence-corrected chi connectivity index (χ2v) is 6.23. The van der Waals surface area contributed by atoms with Crippen molar-refractivity contribution in [3.05, 3.63) is 26.6 Å². The molecule has 0 bridgehead atoms. The smallest absolute Gasteiger partial charge is 0.263 e. The van der Waals surface area contributed by atoms with Crippen LogP contribution < -0.4 is 5.56 Å². The number of hydrogen-bond acceptors (Lipinski definition) is 4. The summed E-state index contributed by atoms with van der Waals surface area (Å²) >= 11 is 6.74. The van der Waals surface area contributed by atoms with Crippen LogP contribution in [0.25, 0.3) is 10.2 Å². The summed E-state index contributed by atoms with van der Waals surface area (Å²) in [7, 11) is 0. The fourth-order valence-corrected chi connectivity index (χ4v) is 3.16. The van der Waals surface area contributed by atoms with Gasteiger partial charge in [0.1, 0.15) is 4.83 Å². The third-order valence-electron chi connectivity index (χ3n) is 3.33. The molecule has 0 spiro atoms. The average molecular weight is 296 g/mol. The number of thiophene rings is 1. The molecule has 2 aromatic rings. The van der Waals surface area contributed by atoms with Crippen molar-refractivity contribution in [1.29, 1.82) is 0 Å². The minimum atomic E-state index is 0.00203. The van der Waals surface area contributed by atoms with E-state index in [4.69, 9.17) is 17.0 Å². The first-order chi connectivity index (χ1) is 9.25. The summed E-state index contributed by atoms with van der Waals surface area (Å²) in [5.74, 6) is 0.785. The molecule has 1 aliphatic carbocycles. The Labute approximate surface area is 120 Å². The van der Waals surface area contributed by atoms with Crippen molar-refractivity contribution in [2.75, 3.05) is 13.2 Å². The Balaban J connectivity index is 1.65. The van der Waals surface area contributed by atoms with Crippen LogP contribution in [-0.2, 0) is 11.3 Å². The minimum Gasteiger partial charge on any atom is -0.381 e. The lowest BCUT2D eigenvalue weighted by Gasteiger charge is -2.07. The van der Waals surface area contributed by atoms with Gasteiger partial charge in [0.25, 0.3) is 5.56 Å². The molecule has 2 aromatic heterocycles. The zero-order valence-corrected chi connectivity index (χ0v) is 12.2. The van der Waals surface area contributed by atoms with Crippen LogP contribution >= 0.6 is 23.6 Å². The predicted octanol–water partition coefficient (Wildman–Crippen LogP) is 2.94. The highest BCUT2D eigenvalue weighted by Crippen LogP contribution is 2.28. The number of hydrogen-bond donors (Lipinski definition) is 1. The summed E-state index contributed by atoms with van der Waals surface area (Å²) in [4.78, 5) is 16.2. The van der Waals surface area contributed by atoms with Crippen molar-refractivity contribution in [3.8, 4) is 0 Å². The van der Waals surface area contributed by atoms with E-state index in [1.54, 1.807) is 4.57 Å². The molecule has 1 N–H and O–H groups in total. The largest absolute Gasteiger partial charge is 0.381 e. The molecule has 0 saturated heterocycles. The maximum atomic E-state index is 12.2. The normalized spacial score (nSPS) is 15.2. The molecule has 0 aliphatic heterocycles. The molecule has 6 heteroatoms. The van der Waals surface area contributed by atoms with Crippen LogP contribution in [0.3, 0.4) is 0 Å². The molecule has 0 radical (unpaired) electrons. The van der Waals surface area contributed by atoms with Crippen LogP contribution in [0, 0.1) is 10.7 Å². The van der Waals surface area contributed by atoms with Gasteiger partial charge in [0.05, 0.1) is 5.39 Å². The summed E-state index contributed by atoms with van der Waals surface area (Å²) in [6.45, 7) is 2.18. The van der Waals surface area contributed by atoms with Gasteiger partial charge in [0, 0.05) is 19.8 Å². The van der Waals surface area contributed by atoms with Gasteiger partial charge in [-0.05, 0) is 48.8 Å². The van der Waals surface area contributed by atoms with Crippen LogP contribution in [-0.4, -0.2) is 22.8 Å². The lowest BCUT2D eigenvalue weighted by molar-refractivity contribution is 0.119. The lowest BCUT2D eigenvalue weighted by atomic mass is 10.4. The fourth-order valence-electron chi connectivity index (χ4n) is 2.04. The van der Waals surface area contributed by atoms with Crippen LogP contribution in [0.2, 0.25) is 0 Å². The number of ether oxygens (including phenoxy) is 1. The maximum absolute atomic E-state index is 12.2. The van der Waals surface area contributed by atoms with Crippen molar-refractivity contribution in [2.45, 2.75) is 25.8 Å². The van der Waals surface area contributed by atoms with E-state index in [-0.39, 0.29) is 5.56 Å². The monoisotopic (exact) mass is 296 g/mol. The standard InChI is InChI=1S/C13H16N2O2S2/c16-12-10-4-7-19-11(10)14-13(18)15(12)5-1-6-17-8-9-2-3-9/h4,7,9H,1-3,5-6,8H2,(H,14,18). The summed E-state index contributed by atoms with van der Waals surface area (Å²) in [5.41, 5.74) is 0.00203. The second kappa shape index (κ2) is 5.56. The molecule has 3 rings (SSSR count). The molecule has 0 unspecified atom stereocenters. The molecule has 2 heterocycles. The molecule has 1 fully saturated rings. The lowest BCUT2D eigenvalue weighted by Crippen LogP contribution is -2.22. The Morgan fingerprint density at radius 3 is 3.16 bits per heavy atom. The molecular formula is C13H16N2O2S2. The first kappa shape index (κ1) is 13.0. The van der Waals surface area contributed by atoms with Gasteiger partial charge >= 0.3 is 0 Å². The van der Waals surface area contributed by atoms with E-state index < -0.39 is 0 Å². The van der Waals surface area contributed by atoms with E-state index in [1.165, 1.54) is 24.2 Å². The first-order valence-electron chi connectivity index (χ1n) is 6.54. The fraction of sp³-hybridized carbons (Fsp3) is 0.538. The Hall–Kier alpha value is -0.980. The molecule has 4 nitrogen and oxygen atoms in total. The van der Waals surface area contributed by atoms with Crippen LogP contribution in [0.15, 0.2) is 16.2 Å². The number of nitrogens with one attached hydrogen (secondary N) is 1. The highest BCUT2D eigenvalue weighted by molar-refractivity contribution is 7.71. The van der Waals surface area contributed by atoms with Gasteiger partial charge in [-0.3, -0.25) is 9.36 Å². The quantitative estimate of drug-likeness (QED) is 0.658. The van der Waals surface area contributed by atoms with E-state index >= 15 is 0 Å². The summed E-state index contributed by atoms with van der Waals surface area (Å²) in [5, 5.41) is 2.62. The van der Waals surface area contributed by atoms with Gasteiger partial charge in [-0.1, -0.05) is 0 Å². The van der Waals surface area contributed by atoms with Crippen LogP contribution in [0.5, 0.6) is 0 Å². The molecular weight excluding hydrogens is 280 g/mol. The summed E-state index contributed by atoms with van der Waals surface area (Å²) in [6, 6.07) is 1.84. The minimum absolute atomic E-state index is 0.00203. The van der Waals surface area contributed by atoms with Crippen molar-refractivity contribution < 1.29 is 4.74 Å². The summed E-state index contributed by atoms with van der Waals surface area (Å²) < 4.78 is 7.71. The Kier molecular flexibility index (Phi) is 3.81. The van der Waals surface area contributed by atoms with E-state index in [2.05, 4.69) is 4.98 Å². The maximum Gasteiger partial charge on any atom is 0.263 e. The topological polar surface area (TPSA) is 47.0 Å². The number of rotatable bonds is 6. The van der Waals surface area contributed by atoms with E-state index in [9.17, 15) is 4.79 Å². The van der Waals surface area contributed by atoms with Crippen molar-refractivity contribution in [3.63, 3.8) is 0 Å². The third-order valence-corrected chi connectivity index (χ3v) is 4.48. The van der Waals surface area contributed by atoms with Gasteiger partial charge in [-0.25, -0.2) is 0 Å². The van der Waals surface area contributed by atoms with Crippen molar-refractivity contribution >= 4 is 33.8 Å². The van der Waals surface area contributed by atoms with Crippen LogP contribution in [0.1, 0.15) is 19.3 Å². The molecule has 19 heavy (non-hydrogen) atoms. The number of H-pyrrole nitrogens is 1. The molecule has 102 valence electrons. The SMILES string of the molecule is O=c1c2ccsc2[nH]c(=S)n1CCCOCC1CC1. The molecule has 0 atom stereocenters. The molecule has 1 aliphatic rings. The van der Waals surface area contributed by atoms with Gasteiger partial charge in [0.15, 0.2) is 4.77 Å². The number of aromatic nitrogens is 2. The van der Waals surface area contributed by atoms with Gasteiger partial charge in [-0.15, -0.1) is 11.3 Å². The van der Waals surface area contributed by atoms with Gasteiger partial charge < -0.3 is 9.72 Å². The Morgan fingerprint density at radius 2 is 2.37 bits per heavy atom. The number of aromatic amines is 1. The van der Waals surface area contributed by atoms with Crippen molar-refractivity contribution in [2.24, 2.45) is 5.92 Å². The molecule has 0 aromatic carbocycles. The second-order valence-electron chi connectivity index (χ2n) is 4.92. The van der Waals surface area contributed by atoms with Crippen LogP contribution in [0.4, 0.5) is 0 Å². The molecule has 0 amide bonds.